The standard InChI is InChI=1S/C27H42N2O5S/c1-4-7-16-28(15-6-3)25(32)23-27-14-13-20(35-27)21(26(33)34-19-8-5-2)22(27)24(31)29(23)17-11-9-10-12-18-30/h5-6,20-23,30H,2-4,7-19H2,1H3/t20-,21+,22-,23?,27?/m0/s1. The summed E-state index contributed by atoms with van der Waals surface area (Å²) in [6, 6.07) is -0.560. The maximum Gasteiger partial charge on any atom is 0.310 e. The van der Waals surface area contributed by atoms with E-state index in [2.05, 4.69) is 20.1 Å². The van der Waals surface area contributed by atoms with Crippen molar-refractivity contribution in [2.45, 2.75) is 80.7 Å². The average Bonchev–Trinajstić information content (AvgIpc) is 3.49. The molecule has 7 nitrogen and oxygen atoms in total. The Hall–Kier alpha value is -1.80. The average molecular weight is 507 g/mol. The lowest BCUT2D eigenvalue weighted by molar-refractivity contribution is -0.154. The van der Waals surface area contributed by atoms with Gasteiger partial charge in [0.25, 0.3) is 0 Å². The van der Waals surface area contributed by atoms with Gasteiger partial charge in [-0.25, -0.2) is 0 Å². The molecule has 0 aliphatic carbocycles. The highest BCUT2D eigenvalue weighted by Gasteiger charge is 2.74. The number of ether oxygens (including phenoxy) is 1. The predicted molar refractivity (Wildman–Crippen MR) is 139 cm³/mol. The molecule has 196 valence electrons. The van der Waals surface area contributed by atoms with Crippen molar-refractivity contribution in [2.75, 3.05) is 32.8 Å². The smallest absolute Gasteiger partial charge is 0.310 e. The second kappa shape index (κ2) is 12.9. The van der Waals surface area contributed by atoms with Gasteiger partial charge in [0.2, 0.25) is 11.8 Å². The molecule has 0 aromatic carbocycles. The van der Waals surface area contributed by atoms with Gasteiger partial charge in [-0.3, -0.25) is 14.4 Å². The van der Waals surface area contributed by atoms with Crippen LogP contribution in [0.1, 0.15) is 64.7 Å². The normalized spacial score (nSPS) is 28.7. The molecule has 3 rings (SSSR count). The second-order valence-electron chi connectivity index (χ2n) is 9.90. The molecule has 2 amide bonds. The Bertz CT molecular complexity index is 790. The number of hydrogen-bond acceptors (Lipinski definition) is 6. The summed E-state index contributed by atoms with van der Waals surface area (Å²) in [7, 11) is 0. The number of likely N-dealkylation sites (tertiary alicyclic amines) is 1. The van der Waals surface area contributed by atoms with Gasteiger partial charge >= 0.3 is 5.97 Å². The highest BCUT2D eigenvalue weighted by Crippen LogP contribution is 2.66. The van der Waals surface area contributed by atoms with Crippen LogP contribution in [0.5, 0.6) is 0 Å². The third kappa shape index (κ3) is 5.63. The van der Waals surface area contributed by atoms with E-state index in [1.807, 2.05) is 4.90 Å². The van der Waals surface area contributed by atoms with E-state index in [0.29, 0.717) is 26.1 Å². The van der Waals surface area contributed by atoms with Gasteiger partial charge in [-0.15, -0.1) is 24.9 Å². The van der Waals surface area contributed by atoms with Crippen LogP contribution in [0.15, 0.2) is 25.3 Å². The van der Waals surface area contributed by atoms with Crippen molar-refractivity contribution in [3.63, 3.8) is 0 Å². The van der Waals surface area contributed by atoms with Crippen LogP contribution in [0.2, 0.25) is 0 Å². The summed E-state index contributed by atoms with van der Waals surface area (Å²) in [6.07, 6.45) is 10.8. The molecular formula is C27H42N2O5S. The summed E-state index contributed by atoms with van der Waals surface area (Å²) in [6.45, 7) is 11.6. The maximum atomic E-state index is 14.1. The Morgan fingerprint density at radius 1 is 1.23 bits per heavy atom. The van der Waals surface area contributed by atoms with Gasteiger partial charge in [0.15, 0.2) is 0 Å². The van der Waals surface area contributed by atoms with Crippen LogP contribution in [0.25, 0.3) is 0 Å². The third-order valence-corrected chi connectivity index (χ3v) is 9.57. The minimum absolute atomic E-state index is 0.0154. The van der Waals surface area contributed by atoms with Crippen LogP contribution in [0, 0.1) is 11.8 Å². The molecule has 3 fully saturated rings. The number of aliphatic hydroxyl groups is 1. The van der Waals surface area contributed by atoms with Crippen molar-refractivity contribution in [1.82, 2.24) is 9.80 Å². The number of thioether (sulfide) groups is 1. The number of aliphatic hydroxyl groups excluding tert-OH is 1. The number of amides is 2. The molecule has 0 aromatic rings. The van der Waals surface area contributed by atoms with Crippen LogP contribution in [-0.2, 0) is 19.1 Å². The van der Waals surface area contributed by atoms with E-state index in [4.69, 9.17) is 9.84 Å². The van der Waals surface area contributed by atoms with E-state index in [9.17, 15) is 14.4 Å². The van der Waals surface area contributed by atoms with E-state index in [-0.39, 0.29) is 36.2 Å². The molecule has 1 N–H and O–H groups in total. The van der Waals surface area contributed by atoms with E-state index < -0.39 is 22.6 Å². The highest BCUT2D eigenvalue weighted by molar-refractivity contribution is 8.02. The van der Waals surface area contributed by atoms with Gasteiger partial charge in [-0.1, -0.05) is 38.3 Å². The molecular weight excluding hydrogens is 464 g/mol. The Balaban J connectivity index is 1.88. The number of hydrogen-bond donors (Lipinski definition) is 1. The second-order valence-corrected chi connectivity index (χ2v) is 11.5. The summed E-state index contributed by atoms with van der Waals surface area (Å²) >= 11 is 1.69. The fraction of sp³-hybridized carbons (Fsp3) is 0.741. The van der Waals surface area contributed by atoms with Crippen LogP contribution < -0.4 is 0 Å². The number of nitrogens with zero attached hydrogens (tertiary/aromatic N) is 2. The zero-order valence-electron chi connectivity index (χ0n) is 21.2. The topological polar surface area (TPSA) is 87.2 Å². The third-order valence-electron chi connectivity index (χ3n) is 7.62. The molecule has 2 unspecified atom stereocenters. The van der Waals surface area contributed by atoms with Crippen molar-refractivity contribution in [2.24, 2.45) is 11.8 Å². The molecule has 3 heterocycles. The maximum absolute atomic E-state index is 14.1. The van der Waals surface area contributed by atoms with Crippen molar-refractivity contribution >= 4 is 29.5 Å². The molecule has 35 heavy (non-hydrogen) atoms. The lowest BCUT2D eigenvalue weighted by Gasteiger charge is -2.37. The van der Waals surface area contributed by atoms with Gasteiger partial charge in [0, 0.05) is 31.5 Å². The Morgan fingerprint density at radius 3 is 2.69 bits per heavy atom. The molecule has 0 aromatic heterocycles. The van der Waals surface area contributed by atoms with Crippen LogP contribution in [0.3, 0.4) is 0 Å². The molecule has 5 atom stereocenters. The van der Waals surface area contributed by atoms with E-state index in [0.717, 1.165) is 51.4 Å². The summed E-state index contributed by atoms with van der Waals surface area (Å²) in [5.41, 5.74) is 0. The molecule has 2 bridgehead atoms. The molecule has 3 aliphatic rings. The van der Waals surface area contributed by atoms with Crippen molar-refractivity contribution in [3.8, 4) is 0 Å². The van der Waals surface area contributed by atoms with E-state index >= 15 is 0 Å². The lowest BCUT2D eigenvalue weighted by atomic mass is 9.71. The quantitative estimate of drug-likeness (QED) is 0.196. The summed E-state index contributed by atoms with van der Waals surface area (Å²) < 4.78 is 4.97. The zero-order chi connectivity index (χ0) is 25.4. The number of carbonyl (C=O) groups is 3. The number of fused-ring (bicyclic) bond motifs is 1. The first-order valence-electron chi connectivity index (χ1n) is 13.2. The van der Waals surface area contributed by atoms with Gasteiger partial charge in [-0.2, -0.15) is 0 Å². The number of unbranched alkanes of at least 4 members (excludes halogenated alkanes) is 4. The first-order valence-corrected chi connectivity index (χ1v) is 14.1. The van der Waals surface area contributed by atoms with Crippen LogP contribution in [-0.4, -0.2) is 81.6 Å². The monoisotopic (exact) mass is 506 g/mol. The minimum atomic E-state index is -0.572. The molecule has 3 aliphatic heterocycles. The first-order chi connectivity index (χ1) is 17.0. The van der Waals surface area contributed by atoms with Gasteiger partial charge in [-0.05, 0) is 38.5 Å². The predicted octanol–water partition coefficient (Wildman–Crippen LogP) is 3.56. The SMILES string of the molecule is C=CCCOC(=O)[C@@H]1[C@@H]2CCC3(S2)C(C(=O)N(CC=C)CCCC)N(CCCCCCO)C(=O)[C@H]13. The minimum Gasteiger partial charge on any atom is -0.465 e. The molecule has 0 radical (unpaired) electrons. The molecule has 8 heteroatoms. The van der Waals surface area contributed by atoms with Crippen LogP contribution >= 0.6 is 11.8 Å². The van der Waals surface area contributed by atoms with E-state index in [1.165, 1.54) is 0 Å². The summed E-state index contributed by atoms with van der Waals surface area (Å²) in [4.78, 5) is 44.7. The molecule has 1 spiro atoms. The van der Waals surface area contributed by atoms with Gasteiger partial charge in [0.1, 0.15) is 6.04 Å². The Kier molecular flexibility index (Phi) is 10.3. The summed E-state index contributed by atoms with van der Waals surface area (Å²) in [5.74, 6) is -1.40. The molecule has 3 saturated heterocycles. The van der Waals surface area contributed by atoms with Gasteiger partial charge in [0.05, 0.1) is 23.2 Å². The number of esters is 1. The Morgan fingerprint density at radius 2 is 2.00 bits per heavy atom. The fourth-order valence-corrected chi connectivity index (χ4v) is 8.20. The zero-order valence-corrected chi connectivity index (χ0v) is 22.0. The lowest BCUT2D eigenvalue weighted by Crippen LogP contribution is -2.55. The van der Waals surface area contributed by atoms with Gasteiger partial charge < -0.3 is 19.6 Å². The van der Waals surface area contributed by atoms with E-state index in [1.54, 1.807) is 28.8 Å². The molecule has 0 saturated carbocycles. The van der Waals surface area contributed by atoms with Crippen LogP contribution in [0.4, 0.5) is 0 Å². The van der Waals surface area contributed by atoms with Crippen molar-refractivity contribution in [1.29, 1.82) is 0 Å². The Labute approximate surface area is 214 Å². The van der Waals surface area contributed by atoms with Crippen molar-refractivity contribution in [3.05, 3.63) is 25.3 Å². The first kappa shape index (κ1) is 27.8. The number of carbonyl (C=O) groups excluding carboxylic acids is 3. The highest BCUT2D eigenvalue weighted by atomic mass is 32.2. The summed E-state index contributed by atoms with van der Waals surface area (Å²) in [5, 5.41) is 9.10. The van der Waals surface area contributed by atoms with Crippen molar-refractivity contribution < 1.29 is 24.2 Å². The number of rotatable bonds is 16. The fourth-order valence-electron chi connectivity index (χ4n) is 6.00. The largest absolute Gasteiger partial charge is 0.465 e.